The minimum atomic E-state index is -0.615. The first-order valence-corrected chi connectivity index (χ1v) is 8.67. The van der Waals surface area contributed by atoms with Crippen LogP contribution in [-0.4, -0.2) is 22.8 Å². The third-order valence-electron chi connectivity index (χ3n) is 3.44. The van der Waals surface area contributed by atoms with Crippen LogP contribution in [0.2, 0.25) is 0 Å². The number of halogens is 1. The van der Waals surface area contributed by atoms with Crippen LogP contribution in [0.1, 0.15) is 36.2 Å². The maximum atomic E-state index is 12.4. The third kappa shape index (κ3) is 6.45. The van der Waals surface area contributed by atoms with Gasteiger partial charge in [0.05, 0.1) is 0 Å². The minimum absolute atomic E-state index is 0. The van der Waals surface area contributed by atoms with Crippen LogP contribution in [0.3, 0.4) is 0 Å². The fourth-order valence-corrected chi connectivity index (χ4v) is 2.75. The number of benzene rings is 1. The molecule has 1 aromatic carbocycles. The van der Waals surface area contributed by atoms with E-state index in [9.17, 15) is 9.59 Å². The summed E-state index contributed by atoms with van der Waals surface area (Å²) in [4.78, 5) is 28.9. The van der Waals surface area contributed by atoms with Gasteiger partial charge in [-0.15, -0.1) is 23.7 Å². The molecule has 4 N–H and O–H groups in total. The summed E-state index contributed by atoms with van der Waals surface area (Å²) in [5.74, 6) is -0.277. The van der Waals surface area contributed by atoms with E-state index < -0.39 is 6.04 Å². The number of carbonyl (C=O) groups is 2. The number of hydrogen-bond acceptors (Lipinski definition) is 5. The van der Waals surface area contributed by atoms with E-state index in [1.165, 1.54) is 11.3 Å². The van der Waals surface area contributed by atoms with Gasteiger partial charge >= 0.3 is 0 Å². The Morgan fingerprint density at radius 3 is 2.44 bits per heavy atom. The maximum Gasteiger partial charge on any atom is 0.251 e. The average Bonchev–Trinajstić information content (AvgIpc) is 3.06. The molecule has 0 aliphatic carbocycles. The number of amides is 2. The number of hydrogen-bond donors (Lipinski definition) is 3. The highest BCUT2D eigenvalue weighted by Gasteiger charge is 2.23. The zero-order valence-corrected chi connectivity index (χ0v) is 15.8. The van der Waals surface area contributed by atoms with E-state index in [0.29, 0.717) is 23.7 Å². The molecule has 1 heterocycles. The molecular weight excluding hydrogens is 360 g/mol. The first-order chi connectivity index (χ1) is 11.5. The second kappa shape index (κ2) is 10.1. The summed E-state index contributed by atoms with van der Waals surface area (Å²) in [6.45, 7) is 4.44. The van der Waals surface area contributed by atoms with Crippen LogP contribution in [0.5, 0.6) is 0 Å². The second-order valence-corrected chi connectivity index (χ2v) is 6.78. The number of nitrogens with one attached hydrogen (secondary N) is 2. The third-order valence-corrected chi connectivity index (χ3v) is 4.13. The summed E-state index contributed by atoms with van der Waals surface area (Å²) < 4.78 is 0. The van der Waals surface area contributed by atoms with Gasteiger partial charge in [-0.1, -0.05) is 26.0 Å². The summed E-state index contributed by atoms with van der Waals surface area (Å²) in [5, 5.41) is 7.85. The Balaban J connectivity index is 0.00000312. The van der Waals surface area contributed by atoms with E-state index in [4.69, 9.17) is 5.73 Å². The van der Waals surface area contributed by atoms with Crippen molar-refractivity contribution < 1.29 is 9.59 Å². The monoisotopic (exact) mass is 382 g/mol. The fourth-order valence-electron chi connectivity index (χ4n) is 2.21. The molecule has 25 heavy (non-hydrogen) atoms. The standard InChI is InChI=1S/C17H22N4O2S.ClH/c1-11(2)9-14(16(23)21-17-19-7-8-24-17)20-15(22)13-5-3-12(10-18)4-6-13;/h3-8,11,14H,9-10,18H2,1-2H3,(H,20,22)(H,19,21,23);1H. The van der Waals surface area contributed by atoms with E-state index >= 15 is 0 Å². The van der Waals surface area contributed by atoms with Crippen LogP contribution in [0.15, 0.2) is 35.8 Å². The second-order valence-electron chi connectivity index (χ2n) is 5.88. The van der Waals surface area contributed by atoms with Crippen LogP contribution in [0.25, 0.3) is 0 Å². The molecule has 0 radical (unpaired) electrons. The Kier molecular flexibility index (Phi) is 8.54. The molecule has 8 heteroatoms. The molecule has 1 atom stereocenters. The van der Waals surface area contributed by atoms with Gasteiger partial charge in [-0.2, -0.15) is 0 Å². The predicted octanol–water partition coefficient (Wildman–Crippen LogP) is 2.81. The van der Waals surface area contributed by atoms with Crippen LogP contribution >= 0.6 is 23.7 Å². The molecule has 1 unspecified atom stereocenters. The van der Waals surface area contributed by atoms with Crippen LogP contribution in [-0.2, 0) is 11.3 Å². The average molecular weight is 383 g/mol. The quantitative estimate of drug-likeness (QED) is 0.685. The van der Waals surface area contributed by atoms with Crippen molar-refractivity contribution in [3.8, 4) is 0 Å². The molecule has 0 bridgehead atoms. The van der Waals surface area contributed by atoms with Crippen molar-refractivity contribution in [2.24, 2.45) is 11.7 Å². The maximum absolute atomic E-state index is 12.4. The molecule has 2 aromatic rings. The zero-order valence-electron chi connectivity index (χ0n) is 14.2. The lowest BCUT2D eigenvalue weighted by atomic mass is 10.0. The van der Waals surface area contributed by atoms with Crippen molar-refractivity contribution in [3.05, 3.63) is 47.0 Å². The predicted molar refractivity (Wildman–Crippen MR) is 103 cm³/mol. The molecule has 0 aliphatic heterocycles. The van der Waals surface area contributed by atoms with Crippen LogP contribution in [0.4, 0.5) is 5.13 Å². The van der Waals surface area contributed by atoms with Gasteiger partial charge in [0.25, 0.3) is 5.91 Å². The molecule has 6 nitrogen and oxygen atoms in total. The number of aromatic nitrogens is 1. The molecule has 136 valence electrons. The lowest BCUT2D eigenvalue weighted by molar-refractivity contribution is -0.118. The van der Waals surface area contributed by atoms with Crippen molar-refractivity contribution in [1.82, 2.24) is 10.3 Å². The molecule has 2 amide bonds. The summed E-state index contributed by atoms with van der Waals surface area (Å²) in [6, 6.07) is 6.42. The molecule has 0 fully saturated rings. The molecule has 1 aromatic heterocycles. The number of carbonyl (C=O) groups excluding carboxylic acids is 2. The Morgan fingerprint density at radius 2 is 1.92 bits per heavy atom. The van der Waals surface area contributed by atoms with E-state index in [0.717, 1.165) is 5.56 Å². The Hall–Kier alpha value is -1.96. The molecule has 0 saturated carbocycles. The van der Waals surface area contributed by atoms with E-state index in [1.807, 2.05) is 26.0 Å². The minimum Gasteiger partial charge on any atom is -0.340 e. The molecule has 2 rings (SSSR count). The van der Waals surface area contributed by atoms with Gasteiger partial charge in [-0.25, -0.2) is 4.98 Å². The van der Waals surface area contributed by atoms with Crippen molar-refractivity contribution in [1.29, 1.82) is 0 Å². The van der Waals surface area contributed by atoms with Crippen molar-refractivity contribution in [2.75, 3.05) is 5.32 Å². The number of anilines is 1. The number of rotatable bonds is 7. The van der Waals surface area contributed by atoms with E-state index in [2.05, 4.69) is 15.6 Å². The molecule has 0 saturated heterocycles. The van der Waals surface area contributed by atoms with Gasteiger partial charge in [0.1, 0.15) is 6.04 Å². The summed E-state index contributed by atoms with van der Waals surface area (Å²) in [6.07, 6.45) is 2.17. The van der Waals surface area contributed by atoms with Crippen LogP contribution < -0.4 is 16.4 Å². The summed E-state index contributed by atoms with van der Waals surface area (Å²) in [5.41, 5.74) is 7.01. The normalized spacial score (nSPS) is 11.5. The number of nitrogens with two attached hydrogens (primary N) is 1. The van der Waals surface area contributed by atoms with E-state index in [1.54, 1.807) is 23.7 Å². The van der Waals surface area contributed by atoms with Crippen molar-refractivity contribution in [3.63, 3.8) is 0 Å². The van der Waals surface area contributed by atoms with Gasteiger partial charge in [0, 0.05) is 23.7 Å². The summed E-state index contributed by atoms with van der Waals surface area (Å²) >= 11 is 1.34. The molecule has 0 aliphatic rings. The zero-order chi connectivity index (χ0) is 17.5. The van der Waals surface area contributed by atoms with Crippen molar-refractivity contribution >= 4 is 40.7 Å². The Bertz CT molecular complexity index is 674. The highest BCUT2D eigenvalue weighted by molar-refractivity contribution is 7.13. The molecule has 0 spiro atoms. The van der Waals surface area contributed by atoms with Gasteiger partial charge in [0.15, 0.2) is 5.13 Å². The fraction of sp³-hybridized carbons (Fsp3) is 0.353. The lowest BCUT2D eigenvalue weighted by Crippen LogP contribution is -2.44. The van der Waals surface area contributed by atoms with Crippen molar-refractivity contribution in [2.45, 2.75) is 32.9 Å². The Labute approximate surface area is 157 Å². The topological polar surface area (TPSA) is 97.1 Å². The summed E-state index contributed by atoms with van der Waals surface area (Å²) in [7, 11) is 0. The number of nitrogens with zero attached hydrogens (tertiary/aromatic N) is 1. The first kappa shape index (κ1) is 21.1. The number of thiazole rings is 1. The van der Waals surface area contributed by atoms with Gasteiger partial charge in [-0.3, -0.25) is 9.59 Å². The van der Waals surface area contributed by atoms with Gasteiger partial charge in [0.2, 0.25) is 5.91 Å². The largest absolute Gasteiger partial charge is 0.340 e. The first-order valence-electron chi connectivity index (χ1n) is 7.79. The van der Waals surface area contributed by atoms with Gasteiger partial charge in [-0.05, 0) is 30.0 Å². The van der Waals surface area contributed by atoms with E-state index in [-0.39, 0.29) is 30.1 Å². The highest BCUT2D eigenvalue weighted by Crippen LogP contribution is 2.13. The smallest absolute Gasteiger partial charge is 0.251 e. The Morgan fingerprint density at radius 1 is 1.24 bits per heavy atom. The van der Waals surface area contributed by atoms with Gasteiger partial charge < -0.3 is 16.4 Å². The SMILES string of the molecule is CC(C)CC(NC(=O)c1ccc(CN)cc1)C(=O)Nc1nccs1.Cl. The highest BCUT2D eigenvalue weighted by atomic mass is 35.5. The van der Waals surface area contributed by atoms with Crippen LogP contribution in [0, 0.1) is 5.92 Å². The molecular formula is C17H23ClN4O2S. The lowest BCUT2D eigenvalue weighted by Gasteiger charge is -2.19.